The molecule has 2 amide bonds. The predicted octanol–water partition coefficient (Wildman–Crippen LogP) is 4.07. The van der Waals surface area contributed by atoms with Gasteiger partial charge in [0, 0.05) is 17.3 Å². The van der Waals surface area contributed by atoms with Crippen molar-refractivity contribution >= 4 is 23.5 Å². The Bertz CT molecular complexity index is 1320. The SMILES string of the molecule is Cc1cc(C)cc(N2CC34C=CC(O3)C(C(=O)OC(C(=O)NC3CCCC3)c3ccccc3F)C4C2=O)c1. The first kappa shape index (κ1) is 24.8. The van der Waals surface area contributed by atoms with Crippen LogP contribution in [0.25, 0.3) is 0 Å². The molecule has 3 heterocycles. The van der Waals surface area contributed by atoms with E-state index in [2.05, 4.69) is 5.32 Å². The molecule has 1 spiro atoms. The third-order valence-electron chi connectivity index (χ3n) is 8.25. The Hall–Kier alpha value is -3.52. The van der Waals surface area contributed by atoms with E-state index in [0.717, 1.165) is 42.5 Å². The van der Waals surface area contributed by atoms with Gasteiger partial charge < -0.3 is 19.7 Å². The maximum absolute atomic E-state index is 14.8. The molecule has 38 heavy (non-hydrogen) atoms. The fourth-order valence-electron chi connectivity index (χ4n) is 6.58. The summed E-state index contributed by atoms with van der Waals surface area (Å²) in [5, 5.41) is 2.92. The second-order valence-electron chi connectivity index (χ2n) is 11.0. The molecular weight excluding hydrogens is 487 g/mol. The van der Waals surface area contributed by atoms with Crippen molar-refractivity contribution in [2.24, 2.45) is 11.8 Å². The summed E-state index contributed by atoms with van der Waals surface area (Å²) in [6, 6.07) is 11.7. The first-order valence-corrected chi connectivity index (χ1v) is 13.3. The summed E-state index contributed by atoms with van der Waals surface area (Å²) in [5.41, 5.74) is 1.85. The molecule has 6 rings (SSSR count). The number of halogens is 1. The van der Waals surface area contributed by atoms with Gasteiger partial charge in [-0.2, -0.15) is 0 Å². The van der Waals surface area contributed by atoms with Crippen molar-refractivity contribution in [1.82, 2.24) is 5.32 Å². The number of hydrogen-bond acceptors (Lipinski definition) is 5. The van der Waals surface area contributed by atoms with Crippen molar-refractivity contribution in [3.63, 3.8) is 0 Å². The van der Waals surface area contributed by atoms with E-state index >= 15 is 0 Å². The zero-order valence-electron chi connectivity index (χ0n) is 21.5. The third kappa shape index (κ3) is 4.11. The smallest absolute Gasteiger partial charge is 0.314 e. The standard InChI is InChI=1S/C30H31FN2O5/c1-17-13-18(2)15-20(14-17)33-16-30-12-11-23(38-30)24(25(30)28(33)35)29(36)37-26(21-9-5-6-10-22(21)31)27(34)32-19-7-3-4-8-19/h5-6,9-15,19,23-26H,3-4,7-8,16H2,1-2H3,(H,32,34). The lowest BCUT2D eigenvalue weighted by Gasteiger charge is -2.26. The van der Waals surface area contributed by atoms with Crippen LogP contribution >= 0.6 is 0 Å². The Balaban J connectivity index is 1.28. The van der Waals surface area contributed by atoms with Crippen molar-refractivity contribution < 1.29 is 28.2 Å². The summed E-state index contributed by atoms with van der Waals surface area (Å²) in [7, 11) is 0. The lowest BCUT2D eigenvalue weighted by molar-refractivity contribution is -0.163. The molecule has 2 aromatic carbocycles. The molecule has 1 saturated carbocycles. The quantitative estimate of drug-likeness (QED) is 0.460. The van der Waals surface area contributed by atoms with Crippen LogP contribution in [0.1, 0.15) is 48.5 Å². The second kappa shape index (κ2) is 9.34. The topological polar surface area (TPSA) is 84.9 Å². The van der Waals surface area contributed by atoms with E-state index < -0.39 is 47.3 Å². The maximum atomic E-state index is 14.8. The highest BCUT2D eigenvalue weighted by molar-refractivity contribution is 6.03. The summed E-state index contributed by atoms with van der Waals surface area (Å²) >= 11 is 0. The third-order valence-corrected chi connectivity index (χ3v) is 8.25. The molecule has 7 nitrogen and oxygen atoms in total. The van der Waals surface area contributed by atoms with Crippen molar-refractivity contribution in [3.05, 3.63) is 77.1 Å². The second-order valence-corrected chi connectivity index (χ2v) is 11.0. The fraction of sp³-hybridized carbons (Fsp3) is 0.433. The number of ether oxygens (including phenoxy) is 2. The normalized spacial score (nSPS) is 28.6. The van der Waals surface area contributed by atoms with Crippen molar-refractivity contribution in [2.75, 3.05) is 11.4 Å². The van der Waals surface area contributed by atoms with Crippen LogP contribution in [-0.4, -0.2) is 42.1 Å². The van der Waals surface area contributed by atoms with Gasteiger partial charge >= 0.3 is 5.97 Å². The number of esters is 1. The molecule has 1 N–H and O–H groups in total. The van der Waals surface area contributed by atoms with E-state index in [0.29, 0.717) is 0 Å². The van der Waals surface area contributed by atoms with E-state index in [-0.39, 0.29) is 24.1 Å². The van der Waals surface area contributed by atoms with Gasteiger partial charge in [-0.25, -0.2) is 4.39 Å². The molecule has 5 atom stereocenters. The predicted molar refractivity (Wildman–Crippen MR) is 138 cm³/mol. The zero-order valence-corrected chi connectivity index (χ0v) is 21.5. The number of nitrogens with zero attached hydrogens (tertiary/aromatic N) is 1. The number of carbonyl (C=O) groups is 3. The van der Waals surface area contributed by atoms with Crippen LogP contribution in [0.4, 0.5) is 10.1 Å². The van der Waals surface area contributed by atoms with E-state index in [1.807, 2.05) is 38.1 Å². The van der Waals surface area contributed by atoms with E-state index in [1.54, 1.807) is 17.0 Å². The molecule has 0 aromatic heterocycles. The van der Waals surface area contributed by atoms with Gasteiger partial charge in [-0.3, -0.25) is 14.4 Å². The first-order chi connectivity index (χ1) is 18.3. The van der Waals surface area contributed by atoms with Crippen LogP contribution in [0.5, 0.6) is 0 Å². The van der Waals surface area contributed by atoms with Crippen molar-refractivity contribution in [2.45, 2.75) is 63.4 Å². The molecule has 3 aliphatic heterocycles. The number of anilines is 1. The number of fused-ring (bicyclic) bond motifs is 1. The van der Waals surface area contributed by atoms with Crippen LogP contribution in [0.15, 0.2) is 54.6 Å². The lowest BCUT2D eigenvalue weighted by atomic mass is 9.77. The largest absolute Gasteiger partial charge is 0.447 e. The summed E-state index contributed by atoms with van der Waals surface area (Å²) in [6.45, 7) is 4.23. The maximum Gasteiger partial charge on any atom is 0.314 e. The van der Waals surface area contributed by atoms with Crippen LogP contribution in [-0.2, 0) is 23.9 Å². The fourth-order valence-corrected chi connectivity index (χ4v) is 6.58. The summed E-state index contributed by atoms with van der Waals surface area (Å²) in [4.78, 5) is 42.4. The average molecular weight is 519 g/mol. The van der Waals surface area contributed by atoms with Gasteiger partial charge in [0.2, 0.25) is 12.0 Å². The molecule has 8 heteroatoms. The molecule has 5 unspecified atom stereocenters. The average Bonchev–Trinajstić information content (AvgIpc) is 3.65. The summed E-state index contributed by atoms with van der Waals surface area (Å²) in [5.74, 6) is -3.87. The van der Waals surface area contributed by atoms with E-state index in [1.165, 1.54) is 18.2 Å². The number of rotatable bonds is 6. The Morgan fingerprint density at radius 1 is 1.13 bits per heavy atom. The van der Waals surface area contributed by atoms with Crippen molar-refractivity contribution in [1.29, 1.82) is 0 Å². The highest BCUT2D eigenvalue weighted by atomic mass is 19.1. The number of nitrogens with one attached hydrogen (secondary N) is 1. The number of carbonyl (C=O) groups excluding carboxylic acids is 3. The summed E-state index contributed by atoms with van der Waals surface area (Å²) in [6.07, 6.45) is 5.23. The zero-order chi connectivity index (χ0) is 26.6. The first-order valence-electron chi connectivity index (χ1n) is 13.3. The number of hydrogen-bond donors (Lipinski definition) is 1. The van der Waals surface area contributed by atoms with Gasteiger partial charge in [-0.1, -0.05) is 49.3 Å². The molecule has 2 bridgehead atoms. The Morgan fingerprint density at radius 3 is 2.55 bits per heavy atom. The minimum Gasteiger partial charge on any atom is -0.447 e. The van der Waals surface area contributed by atoms with Gasteiger partial charge in [-0.15, -0.1) is 0 Å². The number of aryl methyl sites for hydroxylation is 2. The molecule has 0 radical (unpaired) electrons. The highest BCUT2D eigenvalue weighted by Crippen LogP contribution is 2.53. The van der Waals surface area contributed by atoms with Crippen LogP contribution in [0, 0.1) is 31.5 Å². The monoisotopic (exact) mass is 518 g/mol. The molecule has 1 aliphatic carbocycles. The molecule has 4 aliphatic rings. The molecule has 3 fully saturated rings. The van der Waals surface area contributed by atoms with Gasteiger partial charge in [0.15, 0.2) is 0 Å². The van der Waals surface area contributed by atoms with Gasteiger partial charge in [0.1, 0.15) is 17.3 Å². The van der Waals surface area contributed by atoms with Gasteiger partial charge in [0.25, 0.3) is 5.91 Å². The summed E-state index contributed by atoms with van der Waals surface area (Å²) < 4.78 is 26.8. The minimum absolute atomic E-state index is 0.0136. The molecule has 2 aromatic rings. The van der Waals surface area contributed by atoms with Crippen LogP contribution < -0.4 is 10.2 Å². The van der Waals surface area contributed by atoms with Crippen molar-refractivity contribution in [3.8, 4) is 0 Å². The lowest BCUT2D eigenvalue weighted by Crippen LogP contribution is -2.43. The van der Waals surface area contributed by atoms with Gasteiger partial charge in [-0.05, 0) is 56.0 Å². The number of benzene rings is 2. The number of amides is 2. The minimum atomic E-state index is -1.46. The van der Waals surface area contributed by atoms with Crippen LogP contribution in [0.3, 0.4) is 0 Å². The highest BCUT2D eigenvalue weighted by Gasteiger charge is 2.67. The Kier molecular flexibility index (Phi) is 6.10. The molecule has 198 valence electrons. The Morgan fingerprint density at radius 2 is 1.84 bits per heavy atom. The van der Waals surface area contributed by atoms with E-state index in [9.17, 15) is 18.8 Å². The molecular formula is C30H31FN2O5. The molecule has 2 saturated heterocycles. The van der Waals surface area contributed by atoms with E-state index in [4.69, 9.17) is 9.47 Å². The van der Waals surface area contributed by atoms with Crippen LogP contribution in [0.2, 0.25) is 0 Å². The Labute approximate surface area is 221 Å². The van der Waals surface area contributed by atoms with Gasteiger partial charge in [0.05, 0.1) is 18.6 Å².